The zero-order valence-electron chi connectivity index (χ0n) is 14.5. The summed E-state index contributed by atoms with van der Waals surface area (Å²) in [5.41, 5.74) is 7.15. The van der Waals surface area contributed by atoms with E-state index in [2.05, 4.69) is 10.6 Å². The van der Waals surface area contributed by atoms with Crippen LogP contribution >= 0.6 is 12.4 Å². The summed E-state index contributed by atoms with van der Waals surface area (Å²) >= 11 is 0. The van der Waals surface area contributed by atoms with Crippen molar-refractivity contribution >= 4 is 41.5 Å². The number of rotatable bonds is 6. The first kappa shape index (κ1) is 20.9. The lowest BCUT2D eigenvalue weighted by Crippen LogP contribution is -2.46. The van der Waals surface area contributed by atoms with Gasteiger partial charge >= 0.3 is 0 Å². The van der Waals surface area contributed by atoms with E-state index < -0.39 is 6.04 Å². The van der Waals surface area contributed by atoms with Crippen molar-refractivity contribution in [3.8, 4) is 0 Å². The summed E-state index contributed by atoms with van der Waals surface area (Å²) in [5.74, 6) is -0.544. The predicted molar refractivity (Wildman–Crippen MR) is 99.7 cm³/mol. The molecule has 1 heterocycles. The molecule has 1 saturated heterocycles. The van der Waals surface area contributed by atoms with Crippen molar-refractivity contribution in [3.63, 3.8) is 0 Å². The van der Waals surface area contributed by atoms with Crippen molar-refractivity contribution in [2.24, 2.45) is 11.7 Å². The molecule has 0 saturated carbocycles. The quantitative estimate of drug-likeness (QED) is 0.703. The lowest BCUT2D eigenvalue weighted by Gasteiger charge is -2.16. The van der Waals surface area contributed by atoms with Crippen molar-refractivity contribution in [2.45, 2.75) is 32.7 Å². The number of nitrogens with two attached hydrogens (primary N) is 1. The van der Waals surface area contributed by atoms with Gasteiger partial charge in [0.15, 0.2) is 0 Å². The van der Waals surface area contributed by atoms with E-state index in [9.17, 15) is 14.4 Å². The van der Waals surface area contributed by atoms with Gasteiger partial charge in [0.2, 0.25) is 17.7 Å². The minimum absolute atomic E-state index is 0. The normalized spacial score (nSPS) is 14.9. The van der Waals surface area contributed by atoms with Gasteiger partial charge in [-0.1, -0.05) is 13.8 Å². The molecule has 1 atom stereocenters. The number of carbonyl (C=O) groups excluding carboxylic acids is 3. The van der Waals surface area contributed by atoms with Gasteiger partial charge in [0.05, 0.1) is 12.6 Å². The highest BCUT2D eigenvalue weighted by Gasteiger charge is 2.21. The molecule has 1 fully saturated rings. The highest BCUT2D eigenvalue weighted by molar-refractivity contribution is 5.97. The largest absolute Gasteiger partial charge is 0.346 e. The molecule has 25 heavy (non-hydrogen) atoms. The number of benzene rings is 1. The molecule has 0 aliphatic carbocycles. The van der Waals surface area contributed by atoms with Crippen LogP contribution in [0.15, 0.2) is 24.3 Å². The van der Waals surface area contributed by atoms with Crippen molar-refractivity contribution in [3.05, 3.63) is 24.3 Å². The van der Waals surface area contributed by atoms with Crippen LogP contribution in [0.3, 0.4) is 0 Å². The Labute approximate surface area is 153 Å². The van der Waals surface area contributed by atoms with Crippen LogP contribution in [0.4, 0.5) is 11.4 Å². The van der Waals surface area contributed by atoms with Crippen LogP contribution in [0.2, 0.25) is 0 Å². The maximum atomic E-state index is 11.9. The second-order valence-electron chi connectivity index (χ2n) is 6.23. The number of hydrogen-bond donors (Lipinski definition) is 3. The standard InChI is InChI=1S/C17H24N4O3.ClH/c1-11(2)16(18)17(24)19-10-14(22)20-12-5-7-13(8-6-12)21-9-3-4-15(21)23;/h5-8,11,16H,3-4,9-10,18H2,1-2H3,(H,19,24)(H,20,22);1H/t16-;/m0./s1. The van der Waals surface area contributed by atoms with Crippen LogP contribution in [0, 0.1) is 5.92 Å². The first-order chi connectivity index (χ1) is 11.4. The molecular weight excluding hydrogens is 344 g/mol. The monoisotopic (exact) mass is 368 g/mol. The minimum Gasteiger partial charge on any atom is -0.346 e. The van der Waals surface area contributed by atoms with E-state index in [1.54, 1.807) is 29.2 Å². The third-order valence-electron chi connectivity index (χ3n) is 3.98. The van der Waals surface area contributed by atoms with E-state index in [4.69, 9.17) is 5.73 Å². The highest BCUT2D eigenvalue weighted by Crippen LogP contribution is 2.22. The molecule has 4 N–H and O–H groups in total. The Morgan fingerprint density at radius 3 is 2.40 bits per heavy atom. The van der Waals surface area contributed by atoms with Crippen molar-refractivity contribution in [1.82, 2.24) is 5.32 Å². The summed E-state index contributed by atoms with van der Waals surface area (Å²) < 4.78 is 0. The topological polar surface area (TPSA) is 105 Å². The summed E-state index contributed by atoms with van der Waals surface area (Å²) in [4.78, 5) is 37.0. The van der Waals surface area contributed by atoms with E-state index in [1.165, 1.54) is 0 Å². The lowest BCUT2D eigenvalue weighted by molar-refractivity contribution is -0.125. The average Bonchev–Trinajstić information content (AvgIpc) is 2.98. The second kappa shape index (κ2) is 9.39. The molecule has 0 spiro atoms. The van der Waals surface area contributed by atoms with Crippen LogP contribution in [-0.4, -0.2) is 36.9 Å². The molecule has 3 amide bonds. The molecule has 1 aromatic rings. The number of amides is 3. The fourth-order valence-electron chi connectivity index (χ4n) is 2.44. The molecule has 0 bridgehead atoms. The number of nitrogens with zero attached hydrogens (tertiary/aromatic N) is 1. The Bertz CT molecular complexity index is 619. The molecule has 1 aromatic carbocycles. The molecule has 0 unspecified atom stereocenters. The van der Waals surface area contributed by atoms with Gasteiger partial charge in [0, 0.05) is 24.3 Å². The van der Waals surface area contributed by atoms with Gasteiger partial charge in [-0.05, 0) is 36.6 Å². The van der Waals surface area contributed by atoms with Gasteiger partial charge in [-0.2, -0.15) is 0 Å². The molecular formula is C17H25ClN4O3. The highest BCUT2D eigenvalue weighted by atomic mass is 35.5. The van der Waals surface area contributed by atoms with Crippen LogP contribution in [-0.2, 0) is 14.4 Å². The van der Waals surface area contributed by atoms with Gasteiger partial charge in [-0.15, -0.1) is 12.4 Å². The maximum absolute atomic E-state index is 11.9. The Morgan fingerprint density at radius 1 is 1.24 bits per heavy atom. The van der Waals surface area contributed by atoms with E-state index >= 15 is 0 Å². The molecule has 0 aromatic heterocycles. The second-order valence-corrected chi connectivity index (χ2v) is 6.23. The number of carbonyl (C=O) groups is 3. The van der Waals surface area contributed by atoms with Crippen LogP contribution in [0.1, 0.15) is 26.7 Å². The maximum Gasteiger partial charge on any atom is 0.243 e. The van der Waals surface area contributed by atoms with E-state index in [0.717, 1.165) is 18.7 Å². The zero-order valence-corrected chi connectivity index (χ0v) is 15.3. The van der Waals surface area contributed by atoms with Gasteiger partial charge in [0.1, 0.15) is 0 Å². The number of nitrogens with one attached hydrogen (secondary N) is 2. The summed E-state index contributed by atoms with van der Waals surface area (Å²) in [6, 6.07) is 6.44. The van der Waals surface area contributed by atoms with Crippen molar-refractivity contribution in [2.75, 3.05) is 23.3 Å². The smallest absolute Gasteiger partial charge is 0.243 e. The van der Waals surface area contributed by atoms with Gasteiger partial charge < -0.3 is 21.3 Å². The number of hydrogen-bond acceptors (Lipinski definition) is 4. The van der Waals surface area contributed by atoms with Crippen LogP contribution < -0.4 is 21.3 Å². The minimum atomic E-state index is -0.630. The number of halogens is 1. The van der Waals surface area contributed by atoms with Crippen molar-refractivity contribution < 1.29 is 14.4 Å². The van der Waals surface area contributed by atoms with Crippen LogP contribution in [0.25, 0.3) is 0 Å². The Balaban J connectivity index is 0.00000312. The van der Waals surface area contributed by atoms with Gasteiger partial charge in [-0.25, -0.2) is 0 Å². The summed E-state index contributed by atoms with van der Waals surface area (Å²) in [6.07, 6.45) is 1.45. The Morgan fingerprint density at radius 2 is 1.88 bits per heavy atom. The van der Waals surface area contributed by atoms with Crippen molar-refractivity contribution in [1.29, 1.82) is 0 Å². The number of anilines is 2. The first-order valence-electron chi connectivity index (χ1n) is 8.12. The lowest BCUT2D eigenvalue weighted by atomic mass is 10.1. The van der Waals surface area contributed by atoms with E-state index in [0.29, 0.717) is 12.1 Å². The fraction of sp³-hybridized carbons (Fsp3) is 0.471. The first-order valence-corrected chi connectivity index (χ1v) is 8.12. The summed E-state index contributed by atoms with van der Waals surface area (Å²) in [5, 5.41) is 5.21. The van der Waals surface area contributed by atoms with Gasteiger partial charge in [0.25, 0.3) is 0 Å². The summed E-state index contributed by atoms with van der Waals surface area (Å²) in [7, 11) is 0. The molecule has 1 aliphatic rings. The Kier molecular flexibility index (Phi) is 7.86. The SMILES string of the molecule is CC(C)[C@H](N)C(=O)NCC(=O)Nc1ccc(N2CCCC2=O)cc1.Cl. The average molecular weight is 369 g/mol. The van der Waals surface area contributed by atoms with E-state index in [1.807, 2.05) is 13.8 Å². The molecule has 1 aliphatic heterocycles. The van der Waals surface area contributed by atoms with Crippen LogP contribution in [0.5, 0.6) is 0 Å². The Hall–Kier alpha value is -2.12. The van der Waals surface area contributed by atoms with Gasteiger partial charge in [-0.3, -0.25) is 14.4 Å². The fourth-order valence-corrected chi connectivity index (χ4v) is 2.44. The summed E-state index contributed by atoms with van der Waals surface area (Å²) in [6.45, 7) is 4.28. The molecule has 2 rings (SSSR count). The third-order valence-corrected chi connectivity index (χ3v) is 3.98. The zero-order chi connectivity index (χ0) is 17.7. The molecule has 0 radical (unpaired) electrons. The molecule has 138 valence electrons. The molecule has 7 nitrogen and oxygen atoms in total. The van der Waals surface area contributed by atoms with E-state index in [-0.39, 0.29) is 42.6 Å². The predicted octanol–water partition coefficient (Wildman–Crippen LogP) is 1.27. The third kappa shape index (κ3) is 5.72. The molecule has 8 heteroatoms.